The van der Waals surface area contributed by atoms with Crippen LogP contribution in [0.5, 0.6) is 0 Å². The Morgan fingerprint density at radius 1 is 1.30 bits per heavy atom. The molecule has 0 unspecified atom stereocenters. The third kappa shape index (κ3) is 5.54. The van der Waals surface area contributed by atoms with Crippen molar-refractivity contribution in [3.8, 4) is 0 Å². The lowest BCUT2D eigenvalue weighted by Crippen LogP contribution is -1.92. The molecule has 0 bridgehead atoms. The summed E-state index contributed by atoms with van der Waals surface area (Å²) in [5, 5.41) is 0. The Hall–Kier alpha value is -0.590. The maximum absolute atomic E-state index is 10.7. The lowest BCUT2D eigenvalue weighted by molar-refractivity contribution is -0.118. The van der Waals surface area contributed by atoms with Crippen molar-refractivity contribution < 1.29 is 4.79 Å². The molecule has 0 aromatic carbocycles. The fourth-order valence-electron chi connectivity index (χ4n) is 0.706. The van der Waals surface area contributed by atoms with Gasteiger partial charge in [-0.05, 0) is 12.8 Å². The molecular weight excluding hydrogens is 124 g/mol. The summed E-state index contributed by atoms with van der Waals surface area (Å²) in [4.78, 5) is 10.7. The van der Waals surface area contributed by atoms with E-state index in [-0.39, 0.29) is 0 Å². The predicted molar refractivity (Wildman–Crippen MR) is 44.0 cm³/mol. The summed E-state index contributed by atoms with van der Waals surface area (Å²) in [5.74, 6) is 0.362. The predicted octanol–water partition coefficient (Wildman–Crippen LogP) is 2.71. The van der Waals surface area contributed by atoms with Gasteiger partial charge >= 0.3 is 0 Å². The van der Waals surface area contributed by atoms with Crippen LogP contribution in [0.25, 0.3) is 0 Å². The van der Waals surface area contributed by atoms with E-state index in [1.54, 1.807) is 0 Å². The Kier molecular flexibility index (Phi) is 6.14. The van der Waals surface area contributed by atoms with Crippen LogP contribution < -0.4 is 0 Å². The number of carbonyl (C=O) groups is 1. The van der Waals surface area contributed by atoms with Crippen molar-refractivity contribution in [2.45, 2.75) is 39.5 Å². The number of hydrogen-bond donors (Lipinski definition) is 0. The maximum atomic E-state index is 10.7. The summed E-state index contributed by atoms with van der Waals surface area (Å²) in [7, 11) is 0. The van der Waals surface area contributed by atoms with Crippen LogP contribution in [0.4, 0.5) is 0 Å². The van der Waals surface area contributed by atoms with Crippen LogP contribution >= 0.6 is 0 Å². The molecule has 1 heteroatoms. The number of hydrogen-bond acceptors (Lipinski definition) is 1. The van der Waals surface area contributed by atoms with E-state index in [1.165, 1.54) is 0 Å². The van der Waals surface area contributed by atoms with Crippen LogP contribution in [0.15, 0.2) is 12.2 Å². The minimum Gasteiger partial charge on any atom is -0.300 e. The van der Waals surface area contributed by atoms with Crippen LogP contribution in [0.1, 0.15) is 39.5 Å². The summed E-state index contributed by atoms with van der Waals surface area (Å²) in [6.45, 7) is 4.00. The topological polar surface area (TPSA) is 17.1 Å². The lowest BCUT2D eigenvalue weighted by Gasteiger charge is -1.90. The summed E-state index contributed by atoms with van der Waals surface area (Å²) in [6, 6.07) is 0. The molecule has 0 atom stereocenters. The summed E-state index contributed by atoms with van der Waals surface area (Å²) in [6.07, 6.45) is 7.56. The first kappa shape index (κ1) is 9.41. The fourth-order valence-corrected chi connectivity index (χ4v) is 0.706. The molecule has 0 aliphatic rings. The van der Waals surface area contributed by atoms with Crippen molar-refractivity contribution in [1.29, 1.82) is 0 Å². The van der Waals surface area contributed by atoms with Gasteiger partial charge in [-0.15, -0.1) is 0 Å². The van der Waals surface area contributed by atoms with E-state index in [1.807, 2.05) is 6.92 Å². The van der Waals surface area contributed by atoms with Gasteiger partial charge in [0.15, 0.2) is 0 Å². The first-order chi connectivity index (χ1) is 4.81. The molecule has 0 radical (unpaired) electrons. The monoisotopic (exact) mass is 140 g/mol. The number of carbonyl (C=O) groups excluding carboxylic acids is 1. The molecule has 0 saturated carbocycles. The van der Waals surface area contributed by atoms with Crippen LogP contribution in [0.2, 0.25) is 0 Å². The van der Waals surface area contributed by atoms with E-state index in [4.69, 9.17) is 0 Å². The number of ketones is 1. The molecule has 58 valence electrons. The van der Waals surface area contributed by atoms with E-state index in [0.29, 0.717) is 18.6 Å². The smallest absolute Gasteiger partial charge is 0.132 e. The third-order valence-electron chi connectivity index (χ3n) is 1.39. The second kappa shape index (κ2) is 6.53. The van der Waals surface area contributed by atoms with Crippen molar-refractivity contribution in [3.05, 3.63) is 12.2 Å². The molecule has 0 aromatic heterocycles. The zero-order valence-electron chi connectivity index (χ0n) is 6.89. The highest BCUT2D eigenvalue weighted by Gasteiger charge is 1.93. The molecule has 10 heavy (non-hydrogen) atoms. The molecule has 0 aliphatic heterocycles. The summed E-state index contributed by atoms with van der Waals surface area (Å²) < 4.78 is 0. The summed E-state index contributed by atoms with van der Waals surface area (Å²) >= 11 is 0. The van der Waals surface area contributed by atoms with Crippen LogP contribution in [0.3, 0.4) is 0 Å². The Morgan fingerprint density at radius 3 is 2.50 bits per heavy atom. The quantitative estimate of drug-likeness (QED) is 0.536. The zero-order valence-corrected chi connectivity index (χ0v) is 6.89. The van der Waals surface area contributed by atoms with Crippen LogP contribution in [0, 0.1) is 0 Å². The highest BCUT2D eigenvalue weighted by atomic mass is 16.1. The van der Waals surface area contributed by atoms with Crippen LogP contribution in [-0.4, -0.2) is 5.78 Å². The van der Waals surface area contributed by atoms with Crippen LogP contribution in [-0.2, 0) is 4.79 Å². The molecule has 0 fully saturated rings. The van der Waals surface area contributed by atoms with Gasteiger partial charge in [0.1, 0.15) is 5.78 Å². The van der Waals surface area contributed by atoms with E-state index in [2.05, 4.69) is 19.1 Å². The van der Waals surface area contributed by atoms with Gasteiger partial charge in [-0.2, -0.15) is 0 Å². The molecule has 0 N–H and O–H groups in total. The second-order valence-electron chi connectivity index (χ2n) is 2.31. The Balaban J connectivity index is 3.19. The van der Waals surface area contributed by atoms with E-state index < -0.39 is 0 Å². The van der Waals surface area contributed by atoms with Gasteiger partial charge in [0.25, 0.3) is 0 Å². The number of allylic oxidation sites excluding steroid dienone is 2. The lowest BCUT2D eigenvalue weighted by atomic mass is 10.2. The van der Waals surface area contributed by atoms with Gasteiger partial charge in [-0.3, -0.25) is 4.79 Å². The number of Topliss-reactive ketones (excluding diaryl/α,β-unsaturated/α-hetero) is 1. The Bertz CT molecular complexity index is 114. The van der Waals surface area contributed by atoms with Crippen molar-refractivity contribution in [2.24, 2.45) is 0 Å². The molecule has 0 heterocycles. The highest BCUT2D eigenvalue weighted by Crippen LogP contribution is 1.96. The van der Waals surface area contributed by atoms with Gasteiger partial charge in [0.2, 0.25) is 0 Å². The summed E-state index contributed by atoms with van der Waals surface area (Å²) in [5.41, 5.74) is 0. The van der Waals surface area contributed by atoms with Gasteiger partial charge < -0.3 is 0 Å². The van der Waals surface area contributed by atoms with Gasteiger partial charge in [-0.1, -0.05) is 26.0 Å². The fraction of sp³-hybridized carbons (Fsp3) is 0.667. The molecule has 0 amide bonds. The maximum Gasteiger partial charge on any atom is 0.132 e. The minimum atomic E-state index is 0.362. The van der Waals surface area contributed by atoms with Gasteiger partial charge in [0.05, 0.1) is 0 Å². The molecule has 0 rings (SSSR count). The van der Waals surface area contributed by atoms with Crippen molar-refractivity contribution in [3.63, 3.8) is 0 Å². The van der Waals surface area contributed by atoms with Crippen molar-refractivity contribution in [2.75, 3.05) is 0 Å². The standard InChI is InChI=1S/C9H16O/c1-3-5-6-7-8-9(10)4-2/h5-6H,3-4,7-8H2,1-2H3/b6-5+. The van der Waals surface area contributed by atoms with Gasteiger partial charge in [-0.25, -0.2) is 0 Å². The molecule has 0 spiro atoms. The Morgan fingerprint density at radius 2 is 2.00 bits per heavy atom. The third-order valence-corrected chi connectivity index (χ3v) is 1.39. The largest absolute Gasteiger partial charge is 0.300 e. The SMILES string of the molecule is CC/C=C/CCC(=O)CC. The zero-order chi connectivity index (χ0) is 7.82. The molecule has 1 nitrogen and oxygen atoms in total. The van der Waals surface area contributed by atoms with E-state index in [0.717, 1.165) is 12.8 Å². The molecule has 0 saturated heterocycles. The minimum absolute atomic E-state index is 0.362. The van der Waals surface area contributed by atoms with Crippen molar-refractivity contribution >= 4 is 5.78 Å². The molecule has 0 aliphatic carbocycles. The molecular formula is C9H16O. The molecule has 0 aromatic rings. The number of rotatable bonds is 5. The van der Waals surface area contributed by atoms with Gasteiger partial charge in [0, 0.05) is 12.8 Å². The highest BCUT2D eigenvalue weighted by molar-refractivity contribution is 5.78. The first-order valence-electron chi connectivity index (χ1n) is 3.98. The normalized spacial score (nSPS) is 10.6. The Labute approximate surface area is 63.1 Å². The first-order valence-corrected chi connectivity index (χ1v) is 3.98. The van der Waals surface area contributed by atoms with E-state index in [9.17, 15) is 4.79 Å². The van der Waals surface area contributed by atoms with Crippen molar-refractivity contribution in [1.82, 2.24) is 0 Å². The van der Waals surface area contributed by atoms with E-state index >= 15 is 0 Å². The average Bonchev–Trinajstić information content (AvgIpc) is 1.98. The average molecular weight is 140 g/mol. The second-order valence-corrected chi connectivity index (χ2v) is 2.31.